The number of hydrogen-bond acceptors (Lipinski definition) is 1. The van der Waals surface area contributed by atoms with Crippen LogP contribution in [0.4, 0.5) is 0 Å². The van der Waals surface area contributed by atoms with Crippen LogP contribution < -0.4 is 0 Å². The maximum atomic E-state index is 12.5. The van der Waals surface area contributed by atoms with Crippen LogP contribution in [-0.2, 0) is 13.5 Å². The molecule has 1 aliphatic carbocycles. The first-order valence-corrected chi connectivity index (χ1v) is 6.65. The van der Waals surface area contributed by atoms with E-state index in [0.717, 1.165) is 18.5 Å². The van der Waals surface area contributed by atoms with E-state index in [0.29, 0.717) is 0 Å². The van der Waals surface area contributed by atoms with E-state index < -0.39 is 0 Å². The van der Waals surface area contributed by atoms with Gasteiger partial charge in [-0.05, 0) is 36.1 Å². The summed E-state index contributed by atoms with van der Waals surface area (Å²) in [7, 11) is 3.81. The molecule has 0 radical (unpaired) electrons. The Morgan fingerprint density at radius 1 is 1.26 bits per heavy atom. The second-order valence-electron chi connectivity index (χ2n) is 5.17. The minimum absolute atomic E-state index is 0.0919. The predicted molar refractivity (Wildman–Crippen MR) is 75.0 cm³/mol. The van der Waals surface area contributed by atoms with Crippen molar-refractivity contribution in [1.82, 2.24) is 9.47 Å². The second-order valence-corrected chi connectivity index (χ2v) is 5.17. The van der Waals surface area contributed by atoms with Gasteiger partial charge in [-0.3, -0.25) is 4.79 Å². The highest BCUT2D eigenvalue weighted by Crippen LogP contribution is 2.35. The molecule has 0 saturated heterocycles. The number of rotatable bonds is 2. The van der Waals surface area contributed by atoms with Crippen LogP contribution in [-0.4, -0.2) is 22.4 Å². The van der Waals surface area contributed by atoms with Crippen LogP contribution in [0, 0.1) is 0 Å². The average Bonchev–Trinajstić information content (AvgIpc) is 3.03. The molecule has 1 aromatic carbocycles. The molecule has 3 heteroatoms. The fourth-order valence-electron chi connectivity index (χ4n) is 2.94. The Morgan fingerprint density at radius 2 is 2.05 bits per heavy atom. The molecule has 0 aliphatic heterocycles. The molecular formula is C16H18N2O. The van der Waals surface area contributed by atoms with E-state index in [4.69, 9.17) is 0 Å². The number of benzene rings is 1. The van der Waals surface area contributed by atoms with Gasteiger partial charge < -0.3 is 9.47 Å². The van der Waals surface area contributed by atoms with Gasteiger partial charge in [0.15, 0.2) is 0 Å². The summed E-state index contributed by atoms with van der Waals surface area (Å²) in [6.07, 6.45) is 3.99. The minimum atomic E-state index is 0.0919. The quantitative estimate of drug-likeness (QED) is 0.809. The Kier molecular flexibility index (Phi) is 2.90. The summed E-state index contributed by atoms with van der Waals surface area (Å²) < 4.78 is 1.87. The molecule has 19 heavy (non-hydrogen) atoms. The second kappa shape index (κ2) is 4.57. The van der Waals surface area contributed by atoms with Crippen molar-refractivity contribution in [3.05, 3.63) is 59.4 Å². The van der Waals surface area contributed by atoms with Gasteiger partial charge in [0.25, 0.3) is 5.91 Å². The molecule has 1 atom stereocenters. The molecule has 0 spiro atoms. The number of nitrogens with zero attached hydrogens (tertiary/aromatic N) is 2. The van der Waals surface area contributed by atoms with E-state index in [-0.39, 0.29) is 11.9 Å². The van der Waals surface area contributed by atoms with Crippen LogP contribution in [0.5, 0.6) is 0 Å². The maximum Gasteiger partial charge on any atom is 0.270 e. The molecular weight excluding hydrogens is 236 g/mol. The average molecular weight is 254 g/mol. The summed E-state index contributed by atoms with van der Waals surface area (Å²) in [6.45, 7) is 0. The Morgan fingerprint density at radius 3 is 2.79 bits per heavy atom. The van der Waals surface area contributed by atoms with Crippen molar-refractivity contribution in [3.63, 3.8) is 0 Å². The zero-order valence-corrected chi connectivity index (χ0v) is 11.3. The lowest BCUT2D eigenvalue weighted by Gasteiger charge is -2.25. The number of carbonyl (C=O) groups is 1. The summed E-state index contributed by atoms with van der Waals surface area (Å²) in [6, 6.07) is 12.4. The highest BCUT2D eigenvalue weighted by molar-refractivity contribution is 5.93. The molecule has 0 bridgehead atoms. The molecule has 0 saturated carbocycles. The lowest BCUT2D eigenvalue weighted by molar-refractivity contribution is 0.0721. The number of aromatic nitrogens is 1. The molecule has 2 aromatic rings. The number of hydrogen-bond donors (Lipinski definition) is 0. The van der Waals surface area contributed by atoms with Gasteiger partial charge in [-0.15, -0.1) is 0 Å². The Labute approximate surface area is 113 Å². The highest BCUT2D eigenvalue weighted by Gasteiger charge is 2.29. The van der Waals surface area contributed by atoms with Gasteiger partial charge in [0, 0.05) is 20.3 Å². The third-order valence-electron chi connectivity index (χ3n) is 4.05. The van der Waals surface area contributed by atoms with Gasteiger partial charge >= 0.3 is 0 Å². The monoisotopic (exact) mass is 254 g/mol. The predicted octanol–water partition coefficient (Wildman–Crippen LogP) is 2.78. The van der Waals surface area contributed by atoms with Crippen molar-refractivity contribution in [2.45, 2.75) is 18.9 Å². The van der Waals surface area contributed by atoms with E-state index in [1.807, 2.05) is 41.9 Å². The first kappa shape index (κ1) is 12.0. The van der Waals surface area contributed by atoms with Gasteiger partial charge in [-0.2, -0.15) is 0 Å². The maximum absolute atomic E-state index is 12.5. The van der Waals surface area contributed by atoms with Crippen molar-refractivity contribution >= 4 is 5.91 Å². The van der Waals surface area contributed by atoms with E-state index in [2.05, 4.69) is 24.3 Å². The Balaban J connectivity index is 1.88. The normalized spacial score (nSPS) is 17.3. The van der Waals surface area contributed by atoms with E-state index >= 15 is 0 Å². The molecule has 3 rings (SSSR count). The van der Waals surface area contributed by atoms with E-state index in [1.165, 1.54) is 11.1 Å². The van der Waals surface area contributed by atoms with Crippen molar-refractivity contribution in [2.24, 2.45) is 7.05 Å². The van der Waals surface area contributed by atoms with Crippen LogP contribution in [0.2, 0.25) is 0 Å². The fraction of sp³-hybridized carbons (Fsp3) is 0.312. The van der Waals surface area contributed by atoms with Crippen LogP contribution in [0.1, 0.15) is 34.1 Å². The molecule has 0 fully saturated rings. The molecule has 1 amide bonds. The largest absolute Gasteiger partial charge is 0.347 e. The van der Waals surface area contributed by atoms with Gasteiger partial charge in [-0.1, -0.05) is 24.3 Å². The summed E-state index contributed by atoms with van der Waals surface area (Å²) in [4.78, 5) is 14.4. The molecule has 1 aromatic heterocycles. The minimum Gasteiger partial charge on any atom is -0.347 e. The zero-order chi connectivity index (χ0) is 13.4. The van der Waals surface area contributed by atoms with Gasteiger partial charge in [0.1, 0.15) is 5.69 Å². The van der Waals surface area contributed by atoms with Crippen LogP contribution in [0.25, 0.3) is 0 Å². The Hall–Kier alpha value is -2.03. The number of amides is 1. The molecule has 98 valence electrons. The van der Waals surface area contributed by atoms with Gasteiger partial charge in [0.05, 0.1) is 6.04 Å². The topological polar surface area (TPSA) is 25.2 Å². The lowest BCUT2D eigenvalue weighted by Crippen LogP contribution is -2.31. The number of aryl methyl sites for hydroxylation is 2. The molecule has 1 heterocycles. The molecule has 1 unspecified atom stereocenters. The van der Waals surface area contributed by atoms with Crippen molar-refractivity contribution < 1.29 is 4.79 Å². The van der Waals surface area contributed by atoms with Crippen LogP contribution in [0.3, 0.4) is 0 Å². The summed E-state index contributed by atoms with van der Waals surface area (Å²) in [5, 5.41) is 0. The third kappa shape index (κ3) is 1.95. The lowest BCUT2D eigenvalue weighted by atomic mass is 10.1. The SMILES string of the molecule is CN(C(=O)c1cccn1C)C1CCc2ccccc21. The Bertz CT molecular complexity index is 615. The van der Waals surface area contributed by atoms with E-state index in [1.54, 1.807) is 0 Å². The standard InChI is InChI=1S/C16H18N2O/c1-17-11-5-8-15(17)16(19)18(2)14-10-9-12-6-3-4-7-13(12)14/h3-8,11,14H,9-10H2,1-2H3. The number of carbonyl (C=O) groups excluding carboxylic acids is 1. The molecule has 1 aliphatic rings. The van der Waals surface area contributed by atoms with E-state index in [9.17, 15) is 4.79 Å². The van der Waals surface area contributed by atoms with Gasteiger partial charge in [0.2, 0.25) is 0 Å². The first-order valence-electron chi connectivity index (χ1n) is 6.65. The van der Waals surface area contributed by atoms with Gasteiger partial charge in [-0.25, -0.2) is 0 Å². The summed E-state index contributed by atoms with van der Waals surface area (Å²) in [5.41, 5.74) is 3.42. The zero-order valence-electron chi connectivity index (χ0n) is 11.3. The first-order chi connectivity index (χ1) is 9.18. The summed E-state index contributed by atoms with van der Waals surface area (Å²) in [5.74, 6) is 0.0919. The smallest absolute Gasteiger partial charge is 0.270 e. The third-order valence-corrected chi connectivity index (χ3v) is 4.05. The summed E-state index contributed by atoms with van der Waals surface area (Å²) >= 11 is 0. The molecule has 3 nitrogen and oxygen atoms in total. The highest BCUT2D eigenvalue weighted by atomic mass is 16.2. The van der Waals surface area contributed by atoms with Crippen molar-refractivity contribution in [3.8, 4) is 0 Å². The molecule has 0 N–H and O–H groups in total. The van der Waals surface area contributed by atoms with Crippen molar-refractivity contribution in [1.29, 1.82) is 0 Å². The fourth-order valence-corrected chi connectivity index (χ4v) is 2.94. The van der Waals surface area contributed by atoms with Crippen LogP contribution in [0.15, 0.2) is 42.6 Å². The van der Waals surface area contributed by atoms with Crippen LogP contribution >= 0.6 is 0 Å². The van der Waals surface area contributed by atoms with Crippen molar-refractivity contribution in [2.75, 3.05) is 7.05 Å². The number of fused-ring (bicyclic) bond motifs is 1.